The highest BCUT2D eigenvalue weighted by atomic mass is 32.2. The van der Waals surface area contributed by atoms with Crippen LogP contribution in [0.1, 0.15) is 32.6 Å². The van der Waals surface area contributed by atoms with Gasteiger partial charge in [0.25, 0.3) is 5.56 Å². The van der Waals surface area contributed by atoms with Crippen molar-refractivity contribution in [3.63, 3.8) is 0 Å². The molecule has 3 aromatic rings. The van der Waals surface area contributed by atoms with E-state index in [1.165, 1.54) is 36.7 Å². The van der Waals surface area contributed by atoms with Gasteiger partial charge in [0.1, 0.15) is 0 Å². The number of nitrogens with zero attached hydrogens (tertiary/aromatic N) is 3. The van der Waals surface area contributed by atoms with Crippen LogP contribution in [-0.4, -0.2) is 34.3 Å². The fraction of sp³-hybridized carbons (Fsp3) is 0.375. The molecule has 0 spiro atoms. The third-order valence-corrected chi connectivity index (χ3v) is 6.45. The number of carbonyl (C=O) groups is 1. The summed E-state index contributed by atoms with van der Waals surface area (Å²) in [5, 5.41) is 4.15. The van der Waals surface area contributed by atoms with E-state index in [-0.39, 0.29) is 17.2 Å². The molecule has 1 aliphatic heterocycles. The van der Waals surface area contributed by atoms with Crippen LogP contribution in [0, 0.1) is 0 Å². The molecule has 0 bridgehead atoms. The van der Waals surface area contributed by atoms with E-state index in [2.05, 4.69) is 27.3 Å². The molecular formula is C24H28N4O2S. The molecule has 1 aliphatic rings. The lowest BCUT2D eigenvalue weighted by molar-refractivity contribution is -0.113. The number of thioether (sulfide) groups is 1. The van der Waals surface area contributed by atoms with Gasteiger partial charge in [0, 0.05) is 31.0 Å². The zero-order valence-corrected chi connectivity index (χ0v) is 18.7. The van der Waals surface area contributed by atoms with Gasteiger partial charge in [-0.1, -0.05) is 30.8 Å². The summed E-state index contributed by atoms with van der Waals surface area (Å²) in [5.74, 6) is 0.0868. The van der Waals surface area contributed by atoms with E-state index in [1.54, 1.807) is 10.6 Å². The highest BCUT2D eigenvalue weighted by Gasteiger charge is 2.14. The normalized spacial score (nSPS) is 14.0. The summed E-state index contributed by atoms with van der Waals surface area (Å²) in [6.45, 7) is 4.80. The molecule has 162 valence electrons. The molecule has 2 heterocycles. The Morgan fingerprint density at radius 1 is 1.06 bits per heavy atom. The summed E-state index contributed by atoms with van der Waals surface area (Å²) >= 11 is 1.30. The van der Waals surface area contributed by atoms with Crippen LogP contribution in [0.4, 0.5) is 11.4 Å². The van der Waals surface area contributed by atoms with E-state index in [9.17, 15) is 9.59 Å². The van der Waals surface area contributed by atoms with E-state index in [0.29, 0.717) is 22.6 Å². The quantitative estimate of drug-likeness (QED) is 0.435. The Morgan fingerprint density at radius 3 is 2.55 bits per heavy atom. The molecule has 31 heavy (non-hydrogen) atoms. The standard InChI is InChI=1S/C24H28N4O2S/c1-2-14-28-23(30)20-8-4-5-9-21(20)26-24(28)31-17-22(29)25-18-10-12-19(13-11-18)27-15-6-3-7-16-27/h4-5,8-13H,2-3,6-7,14-17H2,1H3,(H,25,29). The third-order valence-electron chi connectivity index (χ3n) is 5.48. The highest BCUT2D eigenvalue weighted by Crippen LogP contribution is 2.23. The average molecular weight is 437 g/mol. The van der Waals surface area contributed by atoms with Gasteiger partial charge in [0.15, 0.2) is 5.16 Å². The molecule has 1 amide bonds. The minimum absolute atomic E-state index is 0.0522. The molecule has 7 heteroatoms. The number of rotatable bonds is 7. The van der Waals surface area contributed by atoms with Crippen LogP contribution in [-0.2, 0) is 11.3 Å². The lowest BCUT2D eigenvalue weighted by Crippen LogP contribution is -2.29. The van der Waals surface area contributed by atoms with Crippen LogP contribution >= 0.6 is 11.8 Å². The molecule has 6 nitrogen and oxygen atoms in total. The molecule has 0 unspecified atom stereocenters. The Hall–Kier alpha value is -2.80. The predicted molar refractivity (Wildman–Crippen MR) is 128 cm³/mol. The fourth-order valence-electron chi connectivity index (χ4n) is 3.91. The van der Waals surface area contributed by atoms with Gasteiger partial charge in [0.2, 0.25) is 5.91 Å². The number of nitrogens with one attached hydrogen (secondary N) is 1. The summed E-state index contributed by atoms with van der Waals surface area (Å²) in [5.41, 5.74) is 2.60. The first kappa shape index (κ1) is 21.4. The van der Waals surface area contributed by atoms with Crippen molar-refractivity contribution in [2.75, 3.05) is 29.1 Å². The SMILES string of the molecule is CCCn1c(SCC(=O)Nc2ccc(N3CCCCC3)cc2)nc2ccccc2c1=O. The maximum Gasteiger partial charge on any atom is 0.262 e. The summed E-state index contributed by atoms with van der Waals surface area (Å²) in [7, 11) is 0. The van der Waals surface area contributed by atoms with Crippen LogP contribution in [0.5, 0.6) is 0 Å². The van der Waals surface area contributed by atoms with E-state index in [4.69, 9.17) is 0 Å². The van der Waals surface area contributed by atoms with Gasteiger partial charge in [-0.05, 0) is 62.1 Å². The number of hydrogen-bond acceptors (Lipinski definition) is 5. The van der Waals surface area contributed by atoms with Crippen LogP contribution < -0.4 is 15.8 Å². The lowest BCUT2D eigenvalue weighted by Gasteiger charge is -2.28. The maximum absolute atomic E-state index is 12.8. The van der Waals surface area contributed by atoms with Crippen molar-refractivity contribution in [2.45, 2.75) is 44.3 Å². The number of aromatic nitrogens is 2. The second-order valence-corrected chi connectivity index (χ2v) is 8.74. The molecule has 2 aromatic carbocycles. The summed E-state index contributed by atoms with van der Waals surface area (Å²) in [4.78, 5) is 32.4. The molecule has 0 atom stereocenters. The van der Waals surface area contributed by atoms with Crippen LogP contribution in [0.15, 0.2) is 58.5 Å². The molecule has 1 N–H and O–H groups in total. The summed E-state index contributed by atoms with van der Waals surface area (Å²) < 4.78 is 1.67. The van der Waals surface area contributed by atoms with Gasteiger partial charge in [0.05, 0.1) is 16.7 Å². The van der Waals surface area contributed by atoms with E-state index in [0.717, 1.165) is 25.2 Å². The lowest BCUT2D eigenvalue weighted by atomic mass is 10.1. The van der Waals surface area contributed by atoms with E-state index < -0.39 is 0 Å². The Kier molecular flexibility index (Phi) is 6.92. The van der Waals surface area contributed by atoms with Crippen LogP contribution in [0.2, 0.25) is 0 Å². The molecular weight excluding hydrogens is 408 g/mol. The van der Waals surface area contributed by atoms with Crippen LogP contribution in [0.3, 0.4) is 0 Å². The van der Waals surface area contributed by atoms with Gasteiger partial charge < -0.3 is 10.2 Å². The molecule has 0 aliphatic carbocycles. The molecule has 0 saturated carbocycles. The predicted octanol–water partition coefficient (Wildman–Crippen LogP) is 4.53. The summed E-state index contributed by atoms with van der Waals surface area (Å²) in [6.07, 6.45) is 4.60. The van der Waals surface area contributed by atoms with Gasteiger partial charge in [-0.2, -0.15) is 0 Å². The van der Waals surface area contributed by atoms with Crippen LogP contribution in [0.25, 0.3) is 10.9 Å². The Labute approximate surface area is 186 Å². The number of para-hydroxylation sites is 1. The number of hydrogen-bond donors (Lipinski definition) is 1. The van der Waals surface area contributed by atoms with Gasteiger partial charge in [-0.25, -0.2) is 4.98 Å². The number of anilines is 2. The molecule has 1 fully saturated rings. The first-order chi connectivity index (χ1) is 15.2. The third kappa shape index (κ3) is 5.10. The smallest absolute Gasteiger partial charge is 0.262 e. The summed E-state index contributed by atoms with van der Waals surface area (Å²) in [6, 6.07) is 15.4. The second kappa shape index (κ2) is 10.0. The first-order valence-corrected chi connectivity index (χ1v) is 11.9. The van der Waals surface area contributed by atoms with Crippen molar-refractivity contribution in [3.8, 4) is 0 Å². The Balaban J connectivity index is 1.42. The molecule has 0 radical (unpaired) electrons. The molecule has 1 saturated heterocycles. The van der Waals surface area contributed by atoms with Gasteiger partial charge >= 0.3 is 0 Å². The zero-order chi connectivity index (χ0) is 21.6. The number of benzene rings is 2. The Morgan fingerprint density at radius 2 is 1.81 bits per heavy atom. The minimum atomic E-state index is -0.110. The topological polar surface area (TPSA) is 67.2 Å². The van der Waals surface area contributed by atoms with Crippen molar-refractivity contribution >= 4 is 39.9 Å². The molecule has 4 rings (SSSR count). The van der Waals surface area contributed by atoms with Crippen molar-refractivity contribution < 1.29 is 4.79 Å². The Bertz CT molecular complexity index is 1100. The number of piperidine rings is 1. The highest BCUT2D eigenvalue weighted by molar-refractivity contribution is 7.99. The van der Waals surface area contributed by atoms with Crippen molar-refractivity contribution in [3.05, 3.63) is 58.9 Å². The van der Waals surface area contributed by atoms with E-state index in [1.807, 2.05) is 37.3 Å². The number of carbonyl (C=O) groups excluding carboxylic acids is 1. The van der Waals surface area contributed by atoms with E-state index >= 15 is 0 Å². The van der Waals surface area contributed by atoms with Crippen molar-refractivity contribution in [2.24, 2.45) is 0 Å². The van der Waals surface area contributed by atoms with Gasteiger partial charge in [-0.3, -0.25) is 14.2 Å². The number of fused-ring (bicyclic) bond motifs is 1. The number of amides is 1. The van der Waals surface area contributed by atoms with Gasteiger partial charge in [-0.15, -0.1) is 0 Å². The average Bonchev–Trinajstić information content (AvgIpc) is 2.81. The fourth-order valence-corrected chi connectivity index (χ4v) is 4.74. The monoisotopic (exact) mass is 436 g/mol. The van der Waals surface area contributed by atoms with Crippen molar-refractivity contribution in [1.82, 2.24) is 9.55 Å². The second-order valence-electron chi connectivity index (χ2n) is 7.80. The largest absolute Gasteiger partial charge is 0.372 e. The first-order valence-electron chi connectivity index (χ1n) is 10.9. The zero-order valence-electron chi connectivity index (χ0n) is 17.8. The maximum atomic E-state index is 12.8. The van der Waals surface area contributed by atoms with Crippen molar-refractivity contribution in [1.29, 1.82) is 0 Å². The minimum Gasteiger partial charge on any atom is -0.372 e. The molecule has 1 aromatic heterocycles.